The van der Waals surface area contributed by atoms with Crippen LogP contribution in [0.25, 0.3) is 0 Å². The van der Waals surface area contributed by atoms with Gasteiger partial charge < -0.3 is 45.1 Å². The van der Waals surface area contributed by atoms with E-state index in [0.29, 0.717) is 19.3 Å². The van der Waals surface area contributed by atoms with Gasteiger partial charge in [0.2, 0.25) is 5.91 Å². The minimum Gasteiger partial charge on any atom is -0.454 e. The highest BCUT2D eigenvalue weighted by atomic mass is 16.7. The lowest BCUT2D eigenvalue weighted by Gasteiger charge is -2.41. The summed E-state index contributed by atoms with van der Waals surface area (Å²) in [5, 5.41) is 57.1. The maximum atomic E-state index is 13.5. The van der Waals surface area contributed by atoms with Crippen molar-refractivity contribution >= 4 is 11.9 Å². The average molecular weight is 1140 g/mol. The van der Waals surface area contributed by atoms with Crippen LogP contribution in [0, 0.1) is 0 Å². The standard InChI is InChI=1S/C70H129NO10/c1-4-7-10-13-16-19-22-24-26-28-29-30-31-32-33-34-36-37-39-42-45-48-51-54-57-63(74)69(78)71-61(62(73)56-53-50-47-44-41-21-18-15-12-9-6-3)60-79-70-68(67(77)66(76)64(59-72)80-70)81-65(75)58-55-52-49-46-43-40-38-35-27-25-23-20-17-14-11-8-5-2/h17,20,25,27,38,40,53,56,61-64,66-68,70,72-74,76-77H,4-16,18-19,21-24,26,28-37,39,41-52,54-55,57-60H2,1-3H3,(H,71,78)/b20-17-,27-25-,40-38-,56-53+. The Bertz CT molecular complexity index is 1500. The summed E-state index contributed by atoms with van der Waals surface area (Å²) in [4.78, 5) is 26.6. The molecule has 1 amide bonds. The fourth-order valence-electron chi connectivity index (χ4n) is 10.8. The van der Waals surface area contributed by atoms with Crippen molar-refractivity contribution in [1.82, 2.24) is 5.32 Å². The molecule has 11 heteroatoms. The highest BCUT2D eigenvalue weighted by Gasteiger charge is 2.47. The van der Waals surface area contributed by atoms with E-state index in [9.17, 15) is 35.1 Å². The fraction of sp³-hybridized carbons (Fsp3) is 0.857. The van der Waals surface area contributed by atoms with Crippen LogP contribution < -0.4 is 5.32 Å². The number of hydrogen-bond donors (Lipinski definition) is 6. The number of ether oxygens (including phenoxy) is 3. The van der Waals surface area contributed by atoms with Gasteiger partial charge in [-0.15, -0.1) is 0 Å². The molecule has 0 aromatic carbocycles. The van der Waals surface area contributed by atoms with Crippen molar-refractivity contribution in [1.29, 1.82) is 0 Å². The Balaban J connectivity index is 2.57. The van der Waals surface area contributed by atoms with Gasteiger partial charge in [0.25, 0.3) is 0 Å². The Morgan fingerprint density at radius 3 is 1.30 bits per heavy atom. The fourth-order valence-corrected chi connectivity index (χ4v) is 10.8. The van der Waals surface area contributed by atoms with Crippen LogP contribution in [-0.4, -0.2) is 99.6 Å². The van der Waals surface area contributed by atoms with Crippen LogP contribution in [0.3, 0.4) is 0 Å². The topological polar surface area (TPSA) is 175 Å². The van der Waals surface area contributed by atoms with Crippen molar-refractivity contribution in [3.63, 3.8) is 0 Å². The maximum Gasteiger partial charge on any atom is 0.306 e. The predicted octanol–water partition coefficient (Wildman–Crippen LogP) is 17.2. The number of aliphatic hydroxyl groups excluding tert-OH is 5. The molecule has 6 N–H and O–H groups in total. The second-order valence-electron chi connectivity index (χ2n) is 23.9. The summed E-state index contributed by atoms with van der Waals surface area (Å²) in [5.74, 6) is -1.21. The molecule has 1 saturated heterocycles. The monoisotopic (exact) mass is 1140 g/mol. The molecular weight excluding hydrogens is 1010 g/mol. The highest BCUT2D eigenvalue weighted by molar-refractivity contribution is 5.80. The molecule has 8 atom stereocenters. The van der Waals surface area contributed by atoms with E-state index in [1.807, 2.05) is 6.08 Å². The molecule has 0 saturated carbocycles. The van der Waals surface area contributed by atoms with E-state index in [-0.39, 0.29) is 13.0 Å². The zero-order chi connectivity index (χ0) is 58.9. The number of esters is 1. The lowest BCUT2D eigenvalue weighted by molar-refractivity contribution is -0.305. The molecule has 81 heavy (non-hydrogen) atoms. The molecule has 0 radical (unpaired) electrons. The van der Waals surface area contributed by atoms with E-state index in [1.165, 1.54) is 193 Å². The highest BCUT2D eigenvalue weighted by Crippen LogP contribution is 2.26. The van der Waals surface area contributed by atoms with Gasteiger partial charge in [0.15, 0.2) is 12.4 Å². The van der Waals surface area contributed by atoms with E-state index >= 15 is 0 Å². The number of carbonyl (C=O) groups is 2. The largest absolute Gasteiger partial charge is 0.454 e. The van der Waals surface area contributed by atoms with Crippen LogP contribution in [0.15, 0.2) is 48.6 Å². The van der Waals surface area contributed by atoms with Crippen LogP contribution in [-0.2, 0) is 23.8 Å². The summed E-state index contributed by atoms with van der Waals surface area (Å²) in [7, 11) is 0. The lowest BCUT2D eigenvalue weighted by atomic mass is 9.99. The van der Waals surface area contributed by atoms with Gasteiger partial charge in [-0.25, -0.2) is 0 Å². The number of allylic oxidation sites excluding steroid dienone is 7. The lowest BCUT2D eigenvalue weighted by Crippen LogP contribution is -2.61. The van der Waals surface area contributed by atoms with Crippen molar-refractivity contribution in [2.75, 3.05) is 13.2 Å². The van der Waals surface area contributed by atoms with Crippen molar-refractivity contribution in [2.24, 2.45) is 0 Å². The van der Waals surface area contributed by atoms with Gasteiger partial charge in [-0.05, 0) is 64.2 Å². The second-order valence-corrected chi connectivity index (χ2v) is 23.9. The smallest absolute Gasteiger partial charge is 0.306 e. The quantitative estimate of drug-likeness (QED) is 0.0195. The Hall–Kier alpha value is -2.38. The van der Waals surface area contributed by atoms with Gasteiger partial charge in [-0.3, -0.25) is 9.59 Å². The minimum absolute atomic E-state index is 0.0990. The van der Waals surface area contributed by atoms with Crippen molar-refractivity contribution in [2.45, 2.75) is 372 Å². The van der Waals surface area contributed by atoms with Crippen LogP contribution in [0.2, 0.25) is 0 Å². The van der Waals surface area contributed by atoms with Crippen molar-refractivity contribution < 1.29 is 49.3 Å². The summed E-state index contributed by atoms with van der Waals surface area (Å²) in [6.45, 7) is 5.78. The van der Waals surface area contributed by atoms with E-state index < -0.39 is 67.4 Å². The van der Waals surface area contributed by atoms with Crippen LogP contribution in [0.4, 0.5) is 0 Å². The molecule has 1 aliphatic rings. The molecule has 1 aliphatic heterocycles. The van der Waals surface area contributed by atoms with Gasteiger partial charge in [-0.1, -0.05) is 301 Å². The first-order valence-electron chi connectivity index (χ1n) is 34.4. The summed E-state index contributed by atoms with van der Waals surface area (Å²) in [6, 6.07) is -1.03. The first kappa shape index (κ1) is 76.6. The Morgan fingerprint density at radius 1 is 0.481 bits per heavy atom. The third-order valence-electron chi connectivity index (χ3n) is 16.2. The maximum absolute atomic E-state index is 13.5. The summed E-state index contributed by atoms with van der Waals surface area (Å²) >= 11 is 0. The molecule has 474 valence electrons. The number of rotatable bonds is 59. The average Bonchev–Trinajstić information content (AvgIpc) is 3.52. The Morgan fingerprint density at radius 2 is 0.852 bits per heavy atom. The molecule has 1 heterocycles. The van der Waals surface area contributed by atoms with Gasteiger partial charge in [0.05, 0.1) is 25.4 Å². The van der Waals surface area contributed by atoms with Crippen LogP contribution in [0.5, 0.6) is 0 Å². The SMILES string of the molecule is CCCCC/C=C\C/C=C\C/C=C\CCCCCCC(=O)OC1C(OCC(NC(=O)C(O)CCCCCCCCCCCCCCCCCCCCCCCCCC)C(O)/C=C/CCCCCCCCCCC)OC(CO)C(O)C1O. The first-order valence-corrected chi connectivity index (χ1v) is 34.4. The van der Waals surface area contributed by atoms with Gasteiger partial charge >= 0.3 is 5.97 Å². The number of hydrogen-bond acceptors (Lipinski definition) is 10. The minimum atomic E-state index is -1.62. The molecule has 0 bridgehead atoms. The van der Waals surface area contributed by atoms with E-state index in [1.54, 1.807) is 6.08 Å². The molecule has 1 rings (SSSR count). The zero-order valence-corrected chi connectivity index (χ0v) is 52.7. The normalized spacial score (nSPS) is 18.9. The molecular formula is C70H129NO10. The van der Waals surface area contributed by atoms with Gasteiger partial charge in [-0.2, -0.15) is 0 Å². The van der Waals surface area contributed by atoms with Crippen molar-refractivity contribution in [3.05, 3.63) is 48.6 Å². The predicted molar refractivity (Wildman–Crippen MR) is 338 cm³/mol. The summed E-state index contributed by atoms with van der Waals surface area (Å²) in [6.07, 6.45) is 61.6. The molecule has 1 fully saturated rings. The number of aliphatic hydroxyl groups is 5. The second kappa shape index (κ2) is 58.0. The Labute approximate surface area is 497 Å². The van der Waals surface area contributed by atoms with Crippen LogP contribution in [0.1, 0.15) is 323 Å². The number of unbranched alkanes of at least 4 members (excludes halogenated alkanes) is 39. The molecule has 8 unspecified atom stereocenters. The van der Waals surface area contributed by atoms with Gasteiger partial charge in [0.1, 0.15) is 24.4 Å². The molecule has 0 spiro atoms. The van der Waals surface area contributed by atoms with Crippen LogP contribution >= 0.6 is 0 Å². The summed E-state index contributed by atoms with van der Waals surface area (Å²) in [5.41, 5.74) is 0. The van der Waals surface area contributed by atoms with Crippen molar-refractivity contribution in [3.8, 4) is 0 Å². The molecule has 11 nitrogen and oxygen atoms in total. The molecule has 0 aliphatic carbocycles. The molecule has 0 aromatic heterocycles. The van der Waals surface area contributed by atoms with Gasteiger partial charge in [0, 0.05) is 6.42 Å². The first-order chi connectivity index (χ1) is 39.7. The summed E-state index contributed by atoms with van der Waals surface area (Å²) < 4.78 is 17.6. The third-order valence-corrected chi connectivity index (χ3v) is 16.2. The van der Waals surface area contributed by atoms with E-state index in [4.69, 9.17) is 14.2 Å². The third kappa shape index (κ3) is 45.6. The molecule has 0 aromatic rings. The number of nitrogens with one attached hydrogen (secondary N) is 1. The Kier molecular flexibility index (Phi) is 54.9. The number of amides is 1. The zero-order valence-electron chi connectivity index (χ0n) is 52.7. The van der Waals surface area contributed by atoms with E-state index in [0.717, 1.165) is 83.5 Å². The van der Waals surface area contributed by atoms with E-state index in [2.05, 4.69) is 62.5 Å². The number of carbonyl (C=O) groups excluding carboxylic acids is 2.